The largest absolute Gasteiger partial charge is 0.497 e. The van der Waals surface area contributed by atoms with Crippen molar-refractivity contribution in [1.29, 1.82) is 0 Å². The quantitative estimate of drug-likeness (QED) is 0.765. The number of methoxy groups -OCH3 is 1. The minimum absolute atomic E-state index is 0.00856. The number of ether oxygens (including phenoxy) is 1. The van der Waals surface area contributed by atoms with Crippen LogP contribution in [0.4, 0.5) is 0 Å². The second kappa shape index (κ2) is 6.22. The molecule has 98 valence electrons. The summed E-state index contributed by atoms with van der Waals surface area (Å²) in [5.74, 6) is 0.634. The third-order valence-electron chi connectivity index (χ3n) is 2.73. The van der Waals surface area contributed by atoms with E-state index in [1.165, 1.54) is 0 Å². The molecule has 0 unspecified atom stereocenters. The Morgan fingerprint density at radius 1 is 1.26 bits per heavy atom. The van der Waals surface area contributed by atoms with Gasteiger partial charge in [-0.1, -0.05) is 39.7 Å². The van der Waals surface area contributed by atoms with Gasteiger partial charge in [-0.05, 0) is 35.9 Å². The molecule has 0 aliphatic rings. The zero-order chi connectivity index (χ0) is 13.8. The average Bonchev–Trinajstić information content (AvgIpc) is 2.38. The van der Waals surface area contributed by atoms with Gasteiger partial charge in [0.2, 0.25) is 0 Å². The first-order chi connectivity index (χ1) is 9.10. The van der Waals surface area contributed by atoms with E-state index in [-0.39, 0.29) is 5.78 Å². The van der Waals surface area contributed by atoms with E-state index in [0.29, 0.717) is 22.8 Å². The predicted molar refractivity (Wildman–Crippen MR) is 80.2 cm³/mol. The first kappa shape index (κ1) is 14.1. The van der Waals surface area contributed by atoms with E-state index in [9.17, 15) is 4.79 Å². The maximum atomic E-state index is 12.2. The van der Waals surface area contributed by atoms with Crippen LogP contribution in [0, 0.1) is 0 Å². The second-order valence-corrected chi connectivity index (χ2v) is 5.40. The van der Waals surface area contributed by atoms with E-state index < -0.39 is 0 Å². The van der Waals surface area contributed by atoms with Crippen LogP contribution in [0.1, 0.15) is 15.9 Å². The van der Waals surface area contributed by atoms with Crippen LogP contribution in [0.15, 0.2) is 46.9 Å². The van der Waals surface area contributed by atoms with Crippen LogP contribution in [-0.2, 0) is 6.42 Å². The summed E-state index contributed by atoms with van der Waals surface area (Å²) in [5.41, 5.74) is 1.47. The Hall–Kier alpha value is -1.32. The van der Waals surface area contributed by atoms with Crippen molar-refractivity contribution >= 4 is 33.3 Å². The highest BCUT2D eigenvalue weighted by Gasteiger charge is 2.12. The second-order valence-electron chi connectivity index (χ2n) is 4.08. The SMILES string of the molecule is COc1ccc(C(=O)Cc2cccc(Br)c2)c(Cl)c1. The molecule has 0 saturated carbocycles. The summed E-state index contributed by atoms with van der Waals surface area (Å²) in [6.45, 7) is 0. The molecule has 0 fully saturated rings. The van der Waals surface area contributed by atoms with Crippen LogP contribution < -0.4 is 4.74 Å². The Kier molecular flexibility index (Phi) is 4.61. The Morgan fingerprint density at radius 2 is 2.05 bits per heavy atom. The summed E-state index contributed by atoms with van der Waals surface area (Å²) >= 11 is 9.48. The summed E-state index contributed by atoms with van der Waals surface area (Å²) in [5, 5.41) is 0.416. The fraction of sp³-hybridized carbons (Fsp3) is 0.133. The smallest absolute Gasteiger partial charge is 0.168 e. The molecule has 0 aromatic heterocycles. The third-order valence-corrected chi connectivity index (χ3v) is 3.54. The van der Waals surface area contributed by atoms with Crippen molar-refractivity contribution in [2.75, 3.05) is 7.11 Å². The number of hydrogen-bond acceptors (Lipinski definition) is 2. The van der Waals surface area contributed by atoms with E-state index in [1.807, 2.05) is 24.3 Å². The molecule has 4 heteroatoms. The van der Waals surface area contributed by atoms with E-state index in [0.717, 1.165) is 10.0 Å². The number of carbonyl (C=O) groups excluding carboxylic acids is 1. The Bertz CT molecular complexity index is 611. The van der Waals surface area contributed by atoms with Gasteiger partial charge in [0.1, 0.15) is 5.75 Å². The lowest BCUT2D eigenvalue weighted by atomic mass is 10.0. The van der Waals surface area contributed by atoms with E-state index in [2.05, 4.69) is 15.9 Å². The van der Waals surface area contributed by atoms with Crippen molar-refractivity contribution in [1.82, 2.24) is 0 Å². The van der Waals surface area contributed by atoms with Crippen LogP contribution in [-0.4, -0.2) is 12.9 Å². The normalized spacial score (nSPS) is 10.3. The van der Waals surface area contributed by atoms with Crippen molar-refractivity contribution in [3.05, 3.63) is 63.1 Å². The lowest BCUT2D eigenvalue weighted by Crippen LogP contribution is -2.04. The van der Waals surface area contributed by atoms with Crippen molar-refractivity contribution in [2.45, 2.75) is 6.42 Å². The maximum Gasteiger partial charge on any atom is 0.168 e. The Labute approximate surface area is 125 Å². The molecule has 0 aliphatic heterocycles. The molecule has 0 atom stereocenters. The number of carbonyl (C=O) groups is 1. The lowest BCUT2D eigenvalue weighted by molar-refractivity contribution is 0.0993. The average molecular weight is 340 g/mol. The molecule has 2 rings (SSSR count). The number of ketones is 1. The van der Waals surface area contributed by atoms with Crippen molar-refractivity contribution < 1.29 is 9.53 Å². The highest BCUT2D eigenvalue weighted by molar-refractivity contribution is 9.10. The van der Waals surface area contributed by atoms with Gasteiger partial charge >= 0.3 is 0 Å². The van der Waals surface area contributed by atoms with Crippen LogP contribution in [0.25, 0.3) is 0 Å². The van der Waals surface area contributed by atoms with Crippen LogP contribution in [0.2, 0.25) is 5.02 Å². The molecule has 2 nitrogen and oxygen atoms in total. The van der Waals surface area contributed by atoms with Crippen molar-refractivity contribution in [3.63, 3.8) is 0 Å². The first-order valence-corrected chi connectivity index (χ1v) is 6.88. The Morgan fingerprint density at radius 3 is 2.68 bits per heavy atom. The number of benzene rings is 2. The molecule has 19 heavy (non-hydrogen) atoms. The van der Waals surface area contributed by atoms with Crippen LogP contribution in [0.3, 0.4) is 0 Å². The Balaban J connectivity index is 2.20. The summed E-state index contributed by atoms with van der Waals surface area (Å²) in [6, 6.07) is 12.8. The fourth-order valence-corrected chi connectivity index (χ4v) is 2.50. The van der Waals surface area contributed by atoms with E-state index >= 15 is 0 Å². The van der Waals surface area contributed by atoms with Crippen LogP contribution in [0.5, 0.6) is 5.75 Å². The minimum Gasteiger partial charge on any atom is -0.497 e. The maximum absolute atomic E-state index is 12.2. The predicted octanol–water partition coefficient (Wildman–Crippen LogP) is 4.54. The monoisotopic (exact) mass is 338 g/mol. The molecule has 2 aromatic carbocycles. The first-order valence-electron chi connectivity index (χ1n) is 5.71. The van der Waals surface area contributed by atoms with Gasteiger partial charge in [0.15, 0.2) is 5.78 Å². The summed E-state index contributed by atoms with van der Waals surface area (Å²) in [7, 11) is 1.56. The molecule has 0 heterocycles. The highest BCUT2D eigenvalue weighted by atomic mass is 79.9. The molecule has 0 N–H and O–H groups in total. The van der Waals surface area contributed by atoms with Crippen LogP contribution >= 0.6 is 27.5 Å². The number of hydrogen-bond donors (Lipinski definition) is 0. The van der Waals surface area contributed by atoms with E-state index in [1.54, 1.807) is 25.3 Å². The van der Waals surface area contributed by atoms with Crippen molar-refractivity contribution in [3.8, 4) is 5.75 Å². The van der Waals surface area contributed by atoms with Gasteiger partial charge in [-0.2, -0.15) is 0 Å². The third kappa shape index (κ3) is 3.58. The molecule has 0 amide bonds. The minimum atomic E-state index is -0.00856. The zero-order valence-electron chi connectivity index (χ0n) is 10.3. The fourth-order valence-electron chi connectivity index (χ4n) is 1.78. The topological polar surface area (TPSA) is 26.3 Å². The van der Waals surface area contributed by atoms with E-state index in [4.69, 9.17) is 16.3 Å². The zero-order valence-corrected chi connectivity index (χ0v) is 12.7. The molecule has 0 radical (unpaired) electrons. The molecular weight excluding hydrogens is 328 g/mol. The van der Waals surface area contributed by atoms with Gasteiger partial charge in [0.25, 0.3) is 0 Å². The molecule has 2 aromatic rings. The van der Waals surface area contributed by atoms with Gasteiger partial charge in [0.05, 0.1) is 12.1 Å². The molecule has 0 bridgehead atoms. The number of rotatable bonds is 4. The lowest BCUT2D eigenvalue weighted by Gasteiger charge is -2.06. The van der Waals surface area contributed by atoms with Gasteiger partial charge in [0, 0.05) is 16.5 Å². The molecule has 0 saturated heterocycles. The molecule has 0 aliphatic carbocycles. The highest BCUT2D eigenvalue weighted by Crippen LogP contribution is 2.24. The molecular formula is C15H12BrClO2. The summed E-state index contributed by atoms with van der Waals surface area (Å²) in [4.78, 5) is 12.2. The molecule has 0 spiro atoms. The van der Waals surface area contributed by atoms with Gasteiger partial charge in [-0.25, -0.2) is 0 Å². The summed E-state index contributed by atoms with van der Waals surface area (Å²) < 4.78 is 6.02. The van der Waals surface area contributed by atoms with Gasteiger partial charge < -0.3 is 4.74 Å². The van der Waals surface area contributed by atoms with Crippen molar-refractivity contribution in [2.24, 2.45) is 0 Å². The van der Waals surface area contributed by atoms with Gasteiger partial charge in [-0.3, -0.25) is 4.79 Å². The summed E-state index contributed by atoms with van der Waals surface area (Å²) in [6.07, 6.45) is 0.325. The van der Waals surface area contributed by atoms with Gasteiger partial charge in [-0.15, -0.1) is 0 Å². The standard InChI is InChI=1S/C15H12BrClO2/c1-19-12-5-6-13(14(17)9-12)15(18)8-10-3-2-4-11(16)7-10/h2-7,9H,8H2,1H3. The number of halogens is 2. The number of Topliss-reactive ketones (excluding diaryl/α,β-unsaturated/α-hetero) is 1.